The van der Waals surface area contributed by atoms with Crippen molar-refractivity contribution in [3.8, 4) is 11.6 Å². The molecule has 0 amide bonds. The lowest BCUT2D eigenvalue weighted by molar-refractivity contribution is 0.145. The molecule has 1 heterocycles. The maximum absolute atomic E-state index is 12.6. The predicted octanol–water partition coefficient (Wildman–Crippen LogP) is 2.64. The van der Waals surface area contributed by atoms with E-state index in [2.05, 4.69) is 4.98 Å². The van der Waals surface area contributed by atoms with Crippen LogP contribution in [0.4, 0.5) is 8.78 Å². The summed E-state index contributed by atoms with van der Waals surface area (Å²) in [6.07, 6.45) is -1.38. The Morgan fingerprint density at radius 2 is 2.00 bits per heavy atom. The van der Waals surface area contributed by atoms with Crippen molar-refractivity contribution in [1.82, 2.24) is 4.98 Å². The van der Waals surface area contributed by atoms with Crippen molar-refractivity contribution >= 4 is 22.6 Å². The molecule has 0 spiro atoms. The van der Waals surface area contributed by atoms with E-state index >= 15 is 0 Å². The fourth-order valence-corrected chi connectivity index (χ4v) is 1.84. The Labute approximate surface area is 93.6 Å². The van der Waals surface area contributed by atoms with Gasteiger partial charge in [0.25, 0.3) is 6.43 Å². The Morgan fingerprint density at radius 1 is 1.36 bits per heavy atom. The van der Waals surface area contributed by atoms with Crippen LogP contribution in [0.3, 0.4) is 0 Å². The first-order valence-corrected chi connectivity index (χ1v) is 4.74. The van der Waals surface area contributed by atoms with Gasteiger partial charge in [-0.2, -0.15) is 0 Å². The molecule has 0 atom stereocenters. The lowest BCUT2D eigenvalue weighted by Crippen LogP contribution is -2.00. The van der Waals surface area contributed by atoms with Crippen LogP contribution in [0.1, 0.15) is 12.0 Å². The molecule has 0 N–H and O–H groups in total. The molecule has 3 nitrogen and oxygen atoms in total. The van der Waals surface area contributed by atoms with Crippen molar-refractivity contribution in [3.63, 3.8) is 0 Å². The molecule has 1 aromatic heterocycles. The number of aromatic nitrogens is 1. The third-order valence-electron chi connectivity index (χ3n) is 1.62. The molecule has 0 aliphatic rings. The molecule has 6 heteroatoms. The van der Waals surface area contributed by atoms with Crippen LogP contribution in [0.5, 0.6) is 11.6 Å². The van der Waals surface area contributed by atoms with Crippen LogP contribution in [-0.4, -0.2) is 19.2 Å². The largest absolute Gasteiger partial charge is 0.495 e. The minimum atomic E-state index is -2.60. The average Bonchev–Trinajstić information content (AvgIpc) is 2.16. The number of hydrogen-bond acceptors (Lipinski definition) is 3. The predicted molar refractivity (Wildman–Crippen MR) is 55.0 cm³/mol. The first-order chi connectivity index (χ1) is 6.61. The molecule has 0 aliphatic heterocycles. The molecule has 0 aromatic carbocycles. The summed E-state index contributed by atoms with van der Waals surface area (Å²) in [4.78, 5) is 3.82. The van der Waals surface area contributed by atoms with Crippen molar-refractivity contribution in [2.75, 3.05) is 14.2 Å². The fourth-order valence-electron chi connectivity index (χ4n) is 0.975. The van der Waals surface area contributed by atoms with E-state index in [1.54, 1.807) is 22.6 Å². The molecule has 0 saturated carbocycles. The van der Waals surface area contributed by atoms with E-state index < -0.39 is 6.43 Å². The van der Waals surface area contributed by atoms with Gasteiger partial charge in [-0.1, -0.05) is 0 Å². The van der Waals surface area contributed by atoms with Crippen LogP contribution < -0.4 is 9.47 Å². The van der Waals surface area contributed by atoms with Gasteiger partial charge in [-0.15, -0.1) is 0 Å². The monoisotopic (exact) mass is 315 g/mol. The second-order valence-corrected chi connectivity index (χ2v) is 3.44. The molecule has 14 heavy (non-hydrogen) atoms. The van der Waals surface area contributed by atoms with E-state index in [1.807, 2.05) is 0 Å². The smallest absolute Gasteiger partial charge is 0.268 e. The number of ether oxygens (including phenoxy) is 2. The summed E-state index contributed by atoms with van der Waals surface area (Å²) in [6.45, 7) is 0. The molecule has 0 unspecified atom stereocenters. The van der Waals surface area contributed by atoms with E-state index in [4.69, 9.17) is 9.47 Å². The first kappa shape index (κ1) is 11.4. The number of nitrogens with zero attached hydrogens (tertiary/aromatic N) is 1. The van der Waals surface area contributed by atoms with Crippen LogP contribution in [0.25, 0.3) is 0 Å². The molecule has 1 aromatic rings. The number of halogens is 3. The highest BCUT2D eigenvalue weighted by molar-refractivity contribution is 14.1. The topological polar surface area (TPSA) is 31.4 Å². The maximum atomic E-state index is 12.6. The second kappa shape index (κ2) is 4.72. The maximum Gasteiger partial charge on any atom is 0.268 e. The van der Waals surface area contributed by atoms with Gasteiger partial charge in [0, 0.05) is 0 Å². The minimum Gasteiger partial charge on any atom is -0.495 e. The summed E-state index contributed by atoms with van der Waals surface area (Å²) >= 11 is 1.76. The van der Waals surface area contributed by atoms with Crippen LogP contribution in [0.2, 0.25) is 0 Å². The average molecular weight is 315 g/mol. The van der Waals surface area contributed by atoms with Gasteiger partial charge < -0.3 is 9.47 Å². The van der Waals surface area contributed by atoms with Crippen molar-refractivity contribution in [3.05, 3.63) is 15.3 Å². The zero-order valence-corrected chi connectivity index (χ0v) is 9.71. The van der Waals surface area contributed by atoms with E-state index in [9.17, 15) is 8.78 Å². The van der Waals surface area contributed by atoms with Gasteiger partial charge in [-0.05, 0) is 22.6 Å². The van der Waals surface area contributed by atoms with Gasteiger partial charge in [0.2, 0.25) is 5.88 Å². The Hall–Kier alpha value is -0.660. The number of rotatable bonds is 3. The van der Waals surface area contributed by atoms with E-state index in [-0.39, 0.29) is 20.8 Å². The van der Waals surface area contributed by atoms with Crippen LogP contribution in [-0.2, 0) is 0 Å². The third kappa shape index (κ3) is 2.05. The SMILES string of the molecule is COc1cnc(OC)c(I)c1C(F)F. The minimum absolute atomic E-state index is 0.0743. The van der Waals surface area contributed by atoms with Gasteiger partial charge in [0.15, 0.2) is 0 Å². The molecular weight excluding hydrogens is 307 g/mol. The van der Waals surface area contributed by atoms with Crippen molar-refractivity contribution in [2.45, 2.75) is 6.43 Å². The van der Waals surface area contributed by atoms with Gasteiger partial charge >= 0.3 is 0 Å². The Balaban J connectivity index is 3.31. The molecule has 0 bridgehead atoms. The fraction of sp³-hybridized carbons (Fsp3) is 0.375. The van der Waals surface area contributed by atoms with E-state index in [0.29, 0.717) is 0 Å². The Bertz CT molecular complexity index is 333. The zero-order valence-electron chi connectivity index (χ0n) is 7.55. The van der Waals surface area contributed by atoms with Crippen LogP contribution >= 0.6 is 22.6 Å². The Kier molecular flexibility index (Phi) is 3.85. The molecule has 0 aliphatic carbocycles. The van der Waals surface area contributed by atoms with Gasteiger partial charge in [-0.25, -0.2) is 13.8 Å². The molecule has 0 saturated heterocycles. The summed E-state index contributed by atoms with van der Waals surface area (Å²) in [5, 5.41) is 0. The number of alkyl halides is 2. The molecule has 78 valence electrons. The second-order valence-electron chi connectivity index (χ2n) is 2.36. The Morgan fingerprint density at radius 3 is 2.43 bits per heavy atom. The highest BCUT2D eigenvalue weighted by Crippen LogP contribution is 2.36. The lowest BCUT2D eigenvalue weighted by Gasteiger charge is -2.11. The number of hydrogen-bond donors (Lipinski definition) is 0. The molecule has 1 rings (SSSR count). The molecule has 0 fully saturated rings. The highest BCUT2D eigenvalue weighted by Gasteiger charge is 2.21. The van der Waals surface area contributed by atoms with Gasteiger partial charge in [0.1, 0.15) is 5.75 Å². The van der Waals surface area contributed by atoms with Crippen molar-refractivity contribution in [1.29, 1.82) is 0 Å². The zero-order chi connectivity index (χ0) is 10.7. The van der Waals surface area contributed by atoms with Crippen LogP contribution in [0, 0.1) is 3.57 Å². The third-order valence-corrected chi connectivity index (χ3v) is 2.66. The summed E-state index contributed by atoms with van der Waals surface area (Å²) in [6, 6.07) is 0. The van der Waals surface area contributed by atoms with E-state index in [0.717, 1.165) is 0 Å². The summed E-state index contributed by atoms with van der Waals surface area (Å²) in [7, 11) is 2.71. The van der Waals surface area contributed by atoms with Gasteiger partial charge in [0.05, 0.1) is 29.6 Å². The molecular formula is C8H8F2INO2. The summed E-state index contributed by atoms with van der Waals surface area (Å²) < 4.78 is 35.1. The molecule has 0 radical (unpaired) electrons. The summed E-state index contributed by atoms with van der Waals surface area (Å²) in [5.41, 5.74) is -0.181. The summed E-state index contributed by atoms with van der Waals surface area (Å²) in [5.74, 6) is 0.256. The van der Waals surface area contributed by atoms with Crippen molar-refractivity contribution < 1.29 is 18.3 Å². The highest BCUT2D eigenvalue weighted by atomic mass is 127. The number of methoxy groups -OCH3 is 2. The first-order valence-electron chi connectivity index (χ1n) is 3.66. The normalized spacial score (nSPS) is 10.4. The van der Waals surface area contributed by atoms with Crippen LogP contribution in [0.15, 0.2) is 6.20 Å². The quantitative estimate of drug-likeness (QED) is 0.804. The number of pyridine rings is 1. The van der Waals surface area contributed by atoms with Gasteiger partial charge in [-0.3, -0.25) is 0 Å². The van der Waals surface area contributed by atoms with E-state index in [1.165, 1.54) is 20.4 Å². The standard InChI is InChI=1S/C8H8F2INO2/c1-13-4-3-12-8(14-2)6(11)5(4)7(9)10/h3,7H,1-2H3. The van der Waals surface area contributed by atoms with Crippen molar-refractivity contribution in [2.24, 2.45) is 0 Å². The lowest BCUT2D eigenvalue weighted by atomic mass is 10.2.